The Morgan fingerprint density at radius 2 is 2.42 bits per heavy atom. The third-order valence-corrected chi connectivity index (χ3v) is 3.02. The number of nitrogens with two attached hydrogens (primary N) is 1. The van der Waals surface area contributed by atoms with Crippen LogP contribution in [0, 0.1) is 11.3 Å². The van der Waals surface area contributed by atoms with Crippen LogP contribution >= 0.6 is 0 Å². The molecule has 0 radical (unpaired) electrons. The van der Waals surface area contributed by atoms with Crippen molar-refractivity contribution in [2.45, 2.75) is 31.7 Å². The van der Waals surface area contributed by atoms with Crippen LogP contribution < -0.4 is 16.4 Å². The van der Waals surface area contributed by atoms with E-state index in [0.29, 0.717) is 11.6 Å². The quantitative estimate of drug-likeness (QED) is 0.341. The number of aromatic nitrogens is 2. The molecule has 19 heavy (non-hydrogen) atoms. The lowest BCUT2D eigenvalue weighted by Gasteiger charge is -2.10. The van der Waals surface area contributed by atoms with Gasteiger partial charge in [0.05, 0.1) is 5.69 Å². The lowest BCUT2D eigenvalue weighted by Crippen LogP contribution is -2.39. The fraction of sp³-hybridized carbons (Fsp3) is 0.583. The van der Waals surface area contributed by atoms with Gasteiger partial charge in [0.25, 0.3) is 0 Å². The van der Waals surface area contributed by atoms with Crippen LogP contribution in [0.15, 0.2) is 4.99 Å². The predicted octanol–water partition coefficient (Wildman–Crippen LogP) is 0.124. The van der Waals surface area contributed by atoms with Crippen LogP contribution in [0.4, 0.5) is 5.82 Å². The molecule has 1 fully saturated rings. The molecule has 0 atom stereocenters. The van der Waals surface area contributed by atoms with Gasteiger partial charge in [-0.3, -0.25) is 10.1 Å². The molecule has 1 aliphatic carbocycles. The second-order valence-corrected chi connectivity index (χ2v) is 4.60. The van der Waals surface area contributed by atoms with Gasteiger partial charge in [-0.2, -0.15) is 10.4 Å². The van der Waals surface area contributed by atoms with E-state index >= 15 is 0 Å². The van der Waals surface area contributed by atoms with Crippen molar-refractivity contribution in [3.8, 4) is 6.07 Å². The molecule has 2 rings (SSSR count). The van der Waals surface area contributed by atoms with Gasteiger partial charge in [0.2, 0.25) is 0 Å². The van der Waals surface area contributed by atoms with Gasteiger partial charge in [-0.25, -0.2) is 0 Å². The minimum atomic E-state index is 0.275. The van der Waals surface area contributed by atoms with Crippen molar-refractivity contribution in [2.24, 2.45) is 4.99 Å². The number of nitrogens with one attached hydrogen (secondary N) is 3. The Bertz CT molecular complexity index is 493. The highest BCUT2D eigenvalue weighted by Crippen LogP contribution is 2.18. The van der Waals surface area contributed by atoms with Gasteiger partial charge in [-0.1, -0.05) is 0 Å². The van der Waals surface area contributed by atoms with E-state index in [1.54, 1.807) is 7.05 Å². The molecule has 1 aromatic rings. The molecule has 1 aromatic heterocycles. The lowest BCUT2D eigenvalue weighted by molar-refractivity contribution is 0.729. The first kappa shape index (κ1) is 13.2. The van der Waals surface area contributed by atoms with Gasteiger partial charge in [0.1, 0.15) is 11.6 Å². The summed E-state index contributed by atoms with van der Waals surface area (Å²) >= 11 is 0. The van der Waals surface area contributed by atoms with Crippen LogP contribution in [0.2, 0.25) is 0 Å². The third-order valence-electron chi connectivity index (χ3n) is 3.02. The smallest absolute Gasteiger partial charge is 0.191 e. The molecule has 0 amide bonds. The number of hydrogen-bond donors (Lipinski definition) is 4. The van der Waals surface area contributed by atoms with Crippen molar-refractivity contribution >= 4 is 11.8 Å². The van der Waals surface area contributed by atoms with Gasteiger partial charge in [-0.15, -0.1) is 0 Å². The van der Waals surface area contributed by atoms with E-state index in [-0.39, 0.29) is 5.82 Å². The van der Waals surface area contributed by atoms with Crippen molar-refractivity contribution < 1.29 is 0 Å². The van der Waals surface area contributed by atoms with E-state index < -0.39 is 0 Å². The zero-order valence-corrected chi connectivity index (χ0v) is 11.0. The summed E-state index contributed by atoms with van der Waals surface area (Å²) < 4.78 is 0. The minimum Gasteiger partial charge on any atom is -0.381 e. The van der Waals surface area contributed by atoms with Gasteiger partial charge < -0.3 is 16.4 Å². The first-order chi connectivity index (χ1) is 9.24. The number of rotatable bonds is 5. The number of guanidine groups is 1. The fourth-order valence-corrected chi connectivity index (χ4v) is 1.79. The monoisotopic (exact) mass is 261 g/mol. The summed E-state index contributed by atoms with van der Waals surface area (Å²) in [7, 11) is 1.76. The number of nitrogens with zero attached hydrogens (tertiary/aromatic N) is 3. The fourth-order valence-electron chi connectivity index (χ4n) is 1.79. The van der Waals surface area contributed by atoms with Crippen LogP contribution in [0.25, 0.3) is 0 Å². The van der Waals surface area contributed by atoms with E-state index in [4.69, 9.17) is 11.0 Å². The van der Waals surface area contributed by atoms with E-state index in [9.17, 15) is 0 Å². The number of hydrogen-bond acceptors (Lipinski definition) is 4. The number of aryl methyl sites for hydroxylation is 1. The molecule has 102 valence electrons. The highest BCUT2D eigenvalue weighted by atomic mass is 15.2. The first-order valence-electron chi connectivity index (χ1n) is 6.44. The summed E-state index contributed by atoms with van der Waals surface area (Å²) in [5.74, 6) is 1.11. The zero-order valence-electron chi connectivity index (χ0n) is 11.0. The molecule has 0 aromatic carbocycles. The predicted molar refractivity (Wildman–Crippen MR) is 73.6 cm³/mol. The Balaban J connectivity index is 1.72. The van der Waals surface area contributed by atoms with Crippen molar-refractivity contribution in [2.75, 3.05) is 19.3 Å². The molecule has 7 nitrogen and oxygen atoms in total. The Kier molecular flexibility index (Phi) is 4.23. The SMILES string of the molecule is CN=C(NCCCc1[nH]nc(N)c1C#N)NC1CC1. The Hall–Kier alpha value is -2.23. The molecular formula is C12H19N7. The van der Waals surface area contributed by atoms with E-state index in [2.05, 4.69) is 31.9 Å². The number of nitrogen functional groups attached to an aromatic ring is 1. The molecule has 0 aliphatic heterocycles. The number of anilines is 1. The number of aromatic amines is 1. The topological polar surface area (TPSA) is 115 Å². The van der Waals surface area contributed by atoms with Crippen molar-refractivity contribution in [1.82, 2.24) is 20.8 Å². The Labute approximate surface area is 112 Å². The first-order valence-corrected chi connectivity index (χ1v) is 6.44. The summed E-state index contributed by atoms with van der Waals surface area (Å²) in [5.41, 5.74) is 6.83. The van der Waals surface area contributed by atoms with Crippen molar-refractivity contribution in [3.05, 3.63) is 11.3 Å². The molecule has 1 saturated carbocycles. The summed E-state index contributed by atoms with van der Waals surface area (Å²) in [5, 5.41) is 22.1. The standard InChI is InChI=1S/C12H19N7/c1-15-12(17-8-4-5-8)16-6-2-3-10-9(7-13)11(14)19-18-10/h8H,2-6H2,1H3,(H3,14,18,19)(H2,15,16,17). The number of H-pyrrole nitrogens is 1. The largest absolute Gasteiger partial charge is 0.381 e. The average Bonchev–Trinajstić information content (AvgIpc) is 3.16. The normalized spacial score (nSPS) is 15.1. The summed E-state index contributed by atoms with van der Waals surface area (Å²) in [6.07, 6.45) is 4.06. The maximum absolute atomic E-state index is 8.94. The number of aliphatic imine (C=N–C) groups is 1. The van der Waals surface area contributed by atoms with Gasteiger partial charge in [-0.05, 0) is 25.7 Å². The van der Waals surface area contributed by atoms with E-state index in [1.807, 2.05) is 0 Å². The third kappa shape index (κ3) is 3.61. The van der Waals surface area contributed by atoms with Crippen molar-refractivity contribution in [1.29, 1.82) is 5.26 Å². The molecule has 7 heteroatoms. The lowest BCUT2D eigenvalue weighted by atomic mass is 10.1. The van der Waals surface area contributed by atoms with Crippen LogP contribution in [0.5, 0.6) is 0 Å². The maximum atomic E-state index is 8.94. The van der Waals surface area contributed by atoms with E-state index in [1.165, 1.54) is 12.8 Å². The average molecular weight is 261 g/mol. The van der Waals surface area contributed by atoms with E-state index in [0.717, 1.165) is 31.0 Å². The molecular weight excluding hydrogens is 242 g/mol. The van der Waals surface area contributed by atoms with Gasteiger partial charge >= 0.3 is 0 Å². The summed E-state index contributed by atoms with van der Waals surface area (Å²) in [6.45, 7) is 0.788. The molecule has 0 saturated heterocycles. The molecule has 0 spiro atoms. The Morgan fingerprint density at radius 3 is 3.05 bits per heavy atom. The molecule has 5 N–H and O–H groups in total. The van der Waals surface area contributed by atoms with Gasteiger partial charge in [0, 0.05) is 19.6 Å². The minimum absolute atomic E-state index is 0.275. The molecule has 1 heterocycles. The second kappa shape index (κ2) is 6.09. The highest BCUT2D eigenvalue weighted by molar-refractivity contribution is 5.80. The second-order valence-electron chi connectivity index (χ2n) is 4.60. The molecule has 0 unspecified atom stereocenters. The van der Waals surface area contributed by atoms with Crippen LogP contribution in [0.3, 0.4) is 0 Å². The van der Waals surface area contributed by atoms with Gasteiger partial charge in [0.15, 0.2) is 11.8 Å². The molecule has 1 aliphatic rings. The van der Waals surface area contributed by atoms with Crippen molar-refractivity contribution in [3.63, 3.8) is 0 Å². The van der Waals surface area contributed by atoms with Crippen LogP contribution in [0.1, 0.15) is 30.5 Å². The summed E-state index contributed by atoms with van der Waals surface area (Å²) in [6, 6.07) is 2.65. The highest BCUT2D eigenvalue weighted by Gasteiger charge is 2.21. The van der Waals surface area contributed by atoms with Crippen LogP contribution in [-0.2, 0) is 6.42 Å². The number of nitriles is 1. The Morgan fingerprint density at radius 1 is 1.63 bits per heavy atom. The maximum Gasteiger partial charge on any atom is 0.191 e. The molecule has 0 bridgehead atoms. The zero-order chi connectivity index (χ0) is 13.7. The summed E-state index contributed by atoms with van der Waals surface area (Å²) in [4.78, 5) is 4.15. The van der Waals surface area contributed by atoms with Crippen LogP contribution in [-0.4, -0.2) is 35.8 Å².